The Balaban J connectivity index is 2.50. The van der Waals surface area contributed by atoms with Crippen molar-refractivity contribution in [2.45, 2.75) is 18.8 Å². The predicted molar refractivity (Wildman–Crippen MR) is 44.4 cm³/mol. The number of pyridine rings is 1. The number of hydrogen-bond donors (Lipinski definition) is 1. The van der Waals surface area contributed by atoms with Gasteiger partial charge in [0.05, 0.1) is 0 Å². The molecular formula is C8H8BNO. The fraction of sp³-hybridized carbons (Fsp3) is 0.375. The summed E-state index contributed by atoms with van der Waals surface area (Å²) < 4.78 is 0. The van der Waals surface area contributed by atoms with Crippen molar-refractivity contribution in [3.05, 3.63) is 28.2 Å². The van der Waals surface area contributed by atoms with Gasteiger partial charge in [0.25, 0.3) is 0 Å². The van der Waals surface area contributed by atoms with E-state index in [1.54, 1.807) is 12.3 Å². The Kier molecular flexibility index (Phi) is 1.38. The van der Waals surface area contributed by atoms with E-state index in [1.807, 2.05) is 0 Å². The average molecular weight is 145 g/mol. The molecule has 0 amide bonds. The minimum absolute atomic E-state index is 0.0545. The van der Waals surface area contributed by atoms with Gasteiger partial charge in [0.15, 0.2) is 0 Å². The first-order valence-corrected chi connectivity index (χ1v) is 3.75. The molecule has 1 aliphatic rings. The zero-order valence-electron chi connectivity index (χ0n) is 6.13. The minimum Gasteiger partial charge on any atom is -0.330 e. The van der Waals surface area contributed by atoms with Gasteiger partial charge in [-0.3, -0.25) is 4.79 Å². The van der Waals surface area contributed by atoms with Crippen LogP contribution in [0, 0.1) is 0 Å². The van der Waals surface area contributed by atoms with Gasteiger partial charge in [-0.15, -0.1) is 0 Å². The van der Waals surface area contributed by atoms with Crippen molar-refractivity contribution in [1.29, 1.82) is 0 Å². The Bertz CT molecular complexity index is 327. The number of H-pyrrole nitrogens is 1. The Labute approximate surface area is 66.1 Å². The smallest absolute Gasteiger partial charge is 0.248 e. The molecule has 2 radical (unpaired) electrons. The minimum atomic E-state index is -0.0545. The molecule has 3 heteroatoms. The van der Waals surface area contributed by atoms with Crippen molar-refractivity contribution < 1.29 is 0 Å². The van der Waals surface area contributed by atoms with Gasteiger partial charge in [0, 0.05) is 6.07 Å². The first-order valence-electron chi connectivity index (χ1n) is 3.75. The molecule has 2 rings (SSSR count). The molecule has 0 unspecified atom stereocenters. The molecule has 1 aromatic heterocycles. The SMILES string of the molecule is [B]c1c[nH]c(=O)cc1C1CC1. The lowest BCUT2D eigenvalue weighted by molar-refractivity contribution is 1.11. The highest BCUT2D eigenvalue weighted by molar-refractivity contribution is 6.33. The van der Waals surface area contributed by atoms with Crippen LogP contribution in [0.1, 0.15) is 24.3 Å². The van der Waals surface area contributed by atoms with E-state index in [2.05, 4.69) is 4.98 Å². The highest BCUT2D eigenvalue weighted by atomic mass is 16.1. The van der Waals surface area contributed by atoms with Gasteiger partial charge in [-0.25, -0.2) is 0 Å². The zero-order chi connectivity index (χ0) is 7.84. The van der Waals surface area contributed by atoms with Crippen LogP contribution in [0.4, 0.5) is 0 Å². The van der Waals surface area contributed by atoms with Gasteiger partial charge in [-0.05, 0) is 30.5 Å². The fourth-order valence-corrected chi connectivity index (χ4v) is 1.25. The van der Waals surface area contributed by atoms with Crippen molar-refractivity contribution in [2.24, 2.45) is 0 Å². The monoisotopic (exact) mass is 145 g/mol. The van der Waals surface area contributed by atoms with E-state index in [4.69, 9.17) is 7.85 Å². The first-order chi connectivity index (χ1) is 5.27. The summed E-state index contributed by atoms with van der Waals surface area (Å²) in [6, 6.07) is 1.60. The maximum absolute atomic E-state index is 10.9. The lowest BCUT2D eigenvalue weighted by Gasteiger charge is -2.00. The van der Waals surface area contributed by atoms with Crippen molar-refractivity contribution in [1.82, 2.24) is 4.98 Å². The molecule has 1 fully saturated rings. The second kappa shape index (κ2) is 2.26. The van der Waals surface area contributed by atoms with Crippen molar-refractivity contribution >= 4 is 13.3 Å². The lowest BCUT2D eigenvalue weighted by atomic mass is 9.90. The Morgan fingerprint density at radius 2 is 2.27 bits per heavy atom. The van der Waals surface area contributed by atoms with E-state index >= 15 is 0 Å². The normalized spacial score (nSPS) is 16.7. The van der Waals surface area contributed by atoms with Gasteiger partial charge in [-0.1, -0.05) is 5.46 Å². The molecule has 0 spiro atoms. The summed E-state index contributed by atoms with van der Waals surface area (Å²) in [5.74, 6) is 0.553. The van der Waals surface area contributed by atoms with Gasteiger partial charge in [-0.2, -0.15) is 0 Å². The largest absolute Gasteiger partial charge is 0.330 e. The molecule has 0 saturated heterocycles. The Hall–Kier alpha value is -0.985. The van der Waals surface area contributed by atoms with E-state index in [0.717, 1.165) is 5.56 Å². The summed E-state index contributed by atoms with van der Waals surface area (Å²) >= 11 is 0. The third kappa shape index (κ3) is 1.23. The van der Waals surface area contributed by atoms with Crippen LogP contribution in [0.3, 0.4) is 0 Å². The second-order valence-electron chi connectivity index (χ2n) is 2.98. The maximum Gasteiger partial charge on any atom is 0.248 e. The molecule has 1 heterocycles. The van der Waals surface area contributed by atoms with Crippen LogP contribution in [-0.2, 0) is 0 Å². The summed E-state index contributed by atoms with van der Waals surface area (Å²) in [4.78, 5) is 13.4. The Morgan fingerprint density at radius 3 is 2.91 bits per heavy atom. The number of hydrogen-bond acceptors (Lipinski definition) is 1. The fourth-order valence-electron chi connectivity index (χ4n) is 1.25. The maximum atomic E-state index is 10.9. The number of aromatic amines is 1. The molecular weight excluding hydrogens is 137 g/mol. The molecule has 11 heavy (non-hydrogen) atoms. The highest BCUT2D eigenvalue weighted by Crippen LogP contribution is 2.38. The molecule has 0 bridgehead atoms. The number of aromatic nitrogens is 1. The van der Waals surface area contributed by atoms with Gasteiger partial charge in [0.2, 0.25) is 5.56 Å². The lowest BCUT2D eigenvalue weighted by Crippen LogP contribution is -2.17. The molecule has 1 N–H and O–H groups in total. The molecule has 1 aromatic rings. The topological polar surface area (TPSA) is 32.9 Å². The zero-order valence-corrected chi connectivity index (χ0v) is 6.13. The molecule has 1 aliphatic carbocycles. The van der Waals surface area contributed by atoms with Crippen molar-refractivity contribution in [3.63, 3.8) is 0 Å². The molecule has 1 saturated carbocycles. The van der Waals surface area contributed by atoms with Crippen LogP contribution in [-0.4, -0.2) is 12.8 Å². The first kappa shape index (κ1) is 6.71. The number of nitrogens with one attached hydrogen (secondary N) is 1. The van der Waals surface area contributed by atoms with E-state index in [9.17, 15) is 4.79 Å². The Morgan fingerprint density at radius 1 is 1.55 bits per heavy atom. The average Bonchev–Trinajstić information content (AvgIpc) is 2.76. The van der Waals surface area contributed by atoms with E-state index in [0.29, 0.717) is 11.4 Å². The predicted octanol–water partition coefficient (Wildman–Crippen LogP) is 0.0461. The van der Waals surface area contributed by atoms with Crippen LogP contribution in [0.5, 0.6) is 0 Å². The number of rotatable bonds is 1. The van der Waals surface area contributed by atoms with Crippen LogP contribution < -0.4 is 11.0 Å². The molecule has 54 valence electrons. The van der Waals surface area contributed by atoms with Crippen LogP contribution in [0.2, 0.25) is 0 Å². The van der Waals surface area contributed by atoms with E-state index < -0.39 is 0 Å². The van der Waals surface area contributed by atoms with Gasteiger partial charge in [0.1, 0.15) is 7.85 Å². The molecule has 0 atom stereocenters. The third-order valence-corrected chi connectivity index (χ3v) is 2.01. The second-order valence-corrected chi connectivity index (χ2v) is 2.98. The summed E-state index contributed by atoms with van der Waals surface area (Å²) in [5, 5.41) is 0. The van der Waals surface area contributed by atoms with E-state index in [-0.39, 0.29) is 5.56 Å². The summed E-state index contributed by atoms with van der Waals surface area (Å²) in [7, 11) is 5.66. The summed E-state index contributed by atoms with van der Waals surface area (Å²) in [6.45, 7) is 0. The quantitative estimate of drug-likeness (QED) is 0.556. The standard InChI is InChI=1S/C8H8BNO/c9-7-4-10-8(11)3-6(7)5-1-2-5/h3-5H,1-2H2,(H,10,11). The van der Waals surface area contributed by atoms with Crippen LogP contribution in [0.25, 0.3) is 0 Å². The van der Waals surface area contributed by atoms with Crippen molar-refractivity contribution in [2.75, 3.05) is 0 Å². The van der Waals surface area contributed by atoms with Crippen LogP contribution in [0.15, 0.2) is 17.1 Å². The van der Waals surface area contributed by atoms with Gasteiger partial charge >= 0.3 is 0 Å². The summed E-state index contributed by atoms with van der Waals surface area (Å²) in [6.07, 6.45) is 3.93. The van der Waals surface area contributed by atoms with Crippen molar-refractivity contribution in [3.8, 4) is 0 Å². The van der Waals surface area contributed by atoms with E-state index in [1.165, 1.54) is 12.8 Å². The van der Waals surface area contributed by atoms with Gasteiger partial charge < -0.3 is 4.98 Å². The third-order valence-electron chi connectivity index (χ3n) is 2.01. The van der Waals surface area contributed by atoms with Crippen LogP contribution >= 0.6 is 0 Å². The molecule has 0 aromatic carbocycles. The molecule has 2 nitrogen and oxygen atoms in total. The highest BCUT2D eigenvalue weighted by Gasteiger charge is 2.24. The molecule has 0 aliphatic heterocycles. The summed E-state index contributed by atoms with van der Waals surface area (Å²) in [5.41, 5.74) is 1.68.